The first kappa shape index (κ1) is 21.1. The molecule has 0 unspecified atom stereocenters. The number of aromatic nitrogens is 3. The summed E-state index contributed by atoms with van der Waals surface area (Å²) >= 11 is 0. The van der Waals surface area contributed by atoms with Crippen LogP contribution in [-0.2, 0) is 19.4 Å². The molecule has 2 aromatic rings. The van der Waals surface area contributed by atoms with E-state index in [1.54, 1.807) is 4.68 Å². The summed E-state index contributed by atoms with van der Waals surface area (Å²) in [4.78, 5) is 4.06. The van der Waals surface area contributed by atoms with Crippen molar-refractivity contribution in [2.24, 2.45) is 5.92 Å². The van der Waals surface area contributed by atoms with Crippen molar-refractivity contribution in [2.75, 3.05) is 0 Å². The van der Waals surface area contributed by atoms with Gasteiger partial charge >= 0.3 is 12.8 Å². The number of nitrogens with zero attached hydrogens (tertiary/aromatic N) is 3. The highest BCUT2D eigenvalue weighted by molar-refractivity contribution is 5.70. The van der Waals surface area contributed by atoms with Crippen molar-refractivity contribution in [3.05, 3.63) is 29.2 Å². The highest BCUT2D eigenvalue weighted by Gasteiger charge is 2.36. The van der Waals surface area contributed by atoms with Gasteiger partial charge in [-0.3, -0.25) is 9.67 Å². The summed E-state index contributed by atoms with van der Waals surface area (Å²) in [6, 6.07) is 1.15. The van der Waals surface area contributed by atoms with E-state index < -0.39 is 25.1 Å². The van der Waals surface area contributed by atoms with Crippen LogP contribution in [0.2, 0.25) is 0 Å². The minimum atomic E-state index is -4.39. The highest BCUT2D eigenvalue weighted by atomic mass is 19.4. The summed E-state index contributed by atoms with van der Waals surface area (Å²) in [5.74, 6) is -1.85. The zero-order valence-electron chi connectivity index (χ0n) is 15.6. The zero-order valence-corrected chi connectivity index (χ0v) is 15.6. The molecule has 1 atom stereocenters. The Labute approximate surface area is 154 Å². The standard InChI is InChI=1S/C18H22F5N3O/c1-5-14-11(4)16(26(6-2)25-14)13-9-24-12(7-10(3)18(21,22)23)8-15(13)27-17(19)20/h8-10,17H,5-7H2,1-4H3/t10-/m0/s1. The molecule has 0 aliphatic carbocycles. The molecule has 0 amide bonds. The summed E-state index contributed by atoms with van der Waals surface area (Å²) in [5, 5.41) is 4.44. The van der Waals surface area contributed by atoms with Gasteiger partial charge in [-0.15, -0.1) is 0 Å². The number of ether oxygens (including phenoxy) is 1. The molecule has 150 valence electrons. The van der Waals surface area contributed by atoms with Gasteiger partial charge in [-0.05, 0) is 25.8 Å². The van der Waals surface area contributed by atoms with Gasteiger partial charge < -0.3 is 4.74 Å². The van der Waals surface area contributed by atoms with Gasteiger partial charge in [-0.2, -0.15) is 27.1 Å². The van der Waals surface area contributed by atoms with E-state index in [0.29, 0.717) is 18.7 Å². The predicted octanol–water partition coefficient (Wildman–Crippen LogP) is 5.18. The number of rotatable bonds is 7. The van der Waals surface area contributed by atoms with Crippen LogP contribution in [0.15, 0.2) is 12.3 Å². The number of aryl methyl sites for hydroxylation is 2. The second-order valence-corrected chi connectivity index (χ2v) is 6.29. The average molecular weight is 391 g/mol. The topological polar surface area (TPSA) is 39.9 Å². The fourth-order valence-electron chi connectivity index (χ4n) is 2.90. The van der Waals surface area contributed by atoms with Gasteiger partial charge in [0.25, 0.3) is 0 Å². The van der Waals surface area contributed by atoms with Gasteiger partial charge in [0.15, 0.2) is 0 Å². The lowest BCUT2D eigenvalue weighted by atomic mass is 10.0. The number of hydrogen-bond donors (Lipinski definition) is 0. The van der Waals surface area contributed by atoms with E-state index in [2.05, 4.69) is 14.8 Å². The van der Waals surface area contributed by atoms with Crippen LogP contribution in [0.1, 0.15) is 37.7 Å². The summed E-state index contributed by atoms with van der Waals surface area (Å²) in [7, 11) is 0. The van der Waals surface area contributed by atoms with Crippen molar-refractivity contribution in [3.8, 4) is 17.0 Å². The summed E-state index contributed by atoms with van der Waals surface area (Å²) < 4.78 is 70.5. The summed E-state index contributed by atoms with van der Waals surface area (Å²) in [6.45, 7) is 4.01. The largest absolute Gasteiger partial charge is 0.434 e. The number of pyridine rings is 1. The van der Waals surface area contributed by atoms with Crippen LogP contribution in [0.4, 0.5) is 22.0 Å². The van der Waals surface area contributed by atoms with E-state index in [1.807, 2.05) is 20.8 Å². The van der Waals surface area contributed by atoms with E-state index in [4.69, 9.17) is 0 Å². The fourth-order valence-corrected chi connectivity index (χ4v) is 2.90. The van der Waals surface area contributed by atoms with Crippen LogP contribution in [0.5, 0.6) is 5.75 Å². The maximum absolute atomic E-state index is 12.9. The van der Waals surface area contributed by atoms with Gasteiger partial charge in [-0.25, -0.2) is 0 Å². The van der Waals surface area contributed by atoms with Gasteiger partial charge in [0.2, 0.25) is 0 Å². The number of alkyl halides is 5. The first-order valence-electron chi connectivity index (χ1n) is 8.65. The Morgan fingerprint density at radius 2 is 1.89 bits per heavy atom. The van der Waals surface area contributed by atoms with Crippen molar-refractivity contribution in [2.45, 2.75) is 59.9 Å². The molecular weight excluding hydrogens is 369 g/mol. The van der Waals surface area contributed by atoms with Gasteiger partial charge in [0.1, 0.15) is 5.75 Å². The van der Waals surface area contributed by atoms with Crippen LogP contribution in [-0.4, -0.2) is 27.6 Å². The lowest BCUT2D eigenvalue weighted by molar-refractivity contribution is -0.169. The number of halogens is 5. The lowest BCUT2D eigenvalue weighted by Crippen LogP contribution is -2.22. The van der Waals surface area contributed by atoms with E-state index in [-0.39, 0.29) is 17.0 Å². The highest BCUT2D eigenvalue weighted by Crippen LogP contribution is 2.36. The van der Waals surface area contributed by atoms with Crippen molar-refractivity contribution in [3.63, 3.8) is 0 Å². The molecule has 0 N–H and O–H groups in total. The fraction of sp³-hybridized carbons (Fsp3) is 0.556. The van der Waals surface area contributed by atoms with Crippen molar-refractivity contribution < 1.29 is 26.7 Å². The van der Waals surface area contributed by atoms with Crippen molar-refractivity contribution in [1.29, 1.82) is 0 Å². The van der Waals surface area contributed by atoms with Crippen LogP contribution in [0.3, 0.4) is 0 Å². The van der Waals surface area contributed by atoms with Crippen LogP contribution >= 0.6 is 0 Å². The first-order valence-corrected chi connectivity index (χ1v) is 8.65. The molecule has 0 aliphatic heterocycles. The molecule has 0 spiro atoms. The Kier molecular flexibility index (Phi) is 6.43. The van der Waals surface area contributed by atoms with Crippen molar-refractivity contribution >= 4 is 0 Å². The van der Waals surface area contributed by atoms with Crippen LogP contribution in [0.25, 0.3) is 11.3 Å². The van der Waals surface area contributed by atoms with Gasteiger partial charge in [-0.1, -0.05) is 13.8 Å². The molecule has 9 heteroatoms. The molecule has 4 nitrogen and oxygen atoms in total. The monoisotopic (exact) mass is 391 g/mol. The Balaban J connectivity index is 2.53. The second-order valence-electron chi connectivity index (χ2n) is 6.29. The Morgan fingerprint density at radius 3 is 2.41 bits per heavy atom. The maximum Gasteiger partial charge on any atom is 0.391 e. The third-order valence-corrected chi connectivity index (χ3v) is 4.39. The Bertz CT molecular complexity index is 786. The molecule has 0 saturated carbocycles. The number of hydrogen-bond acceptors (Lipinski definition) is 3. The zero-order chi connectivity index (χ0) is 20.4. The Morgan fingerprint density at radius 1 is 1.22 bits per heavy atom. The van der Waals surface area contributed by atoms with Crippen LogP contribution in [0, 0.1) is 12.8 Å². The predicted molar refractivity (Wildman–Crippen MR) is 90.8 cm³/mol. The molecular formula is C18H22F5N3O. The van der Waals surface area contributed by atoms with E-state index in [1.165, 1.54) is 6.20 Å². The SMILES string of the molecule is CCc1nn(CC)c(-c2cnc(C[C@H](C)C(F)(F)F)cc2OC(F)F)c1C. The minimum absolute atomic E-state index is 0.0372. The summed E-state index contributed by atoms with van der Waals surface area (Å²) in [6.07, 6.45) is -2.87. The molecule has 0 fully saturated rings. The van der Waals surface area contributed by atoms with E-state index in [0.717, 1.165) is 24.2 Å². The smallest absolute Gasteiger partial charge is 0.391 e. The normalized spacial score (nSPS) is 13.3. The molecule has 0 aliphatic rings. The molecule has 0 radical (unpaired) electrons. The molecule has 27 heavy (non-hydrogen) atoms. The average Bonchev–Trinajstić information content (AvgIpc) is 2.89. The first-order chi connectivity index (χ1) is 12.6. The molecule has 2 rings (SSSR count). The lowest BCUT2D eigenvalue weighted by Gasteiger charge is -2.17. The van der Waals surface area contributed by atoms with Gasteiger partial charge in [0.05, 0.1) is 22.9 Å². The van der Waals surface area contributed by atoms with E-state index in [9.17, 15) is 22.0 Å². The van der Waals surface area contributed by atoms with Crippen molar-refractivity contribution in [1.82, 2.24) is 14.8 Å². The third kappa shape index (κ3) is 4.75. The second kappa shape index (κ2) is 8.22. The van der Waals surface area contributed by atoms with E-state index >= 15 is 0 Å². The van der Waals surface area contributed by atoms with Crippen LogP contribution < -0.4 is 4.74 Å². The maximum atomic E-state index is 12.9. The Hall–Kier alpha value is -2.19. The minimum Gasteiger partial charge on any atom is -0.434 e. The quantitative estimate of drug-likeness (QED) is 0.611. The third-order valence-electron chi connectivity index (χ3n) is 4.39. The molecule has 2 heterocycles. The molecule has 0 aromatic carbocycles. The molecule has 0 saturated heterocycles. The molecule has 2 aromatic heterocycles. The van der Waals surface area contributed by atoms with Gasteiger partial charge in [0, 0.05) is 30.9 Å². The molecule has 0 bridgehead atoms. The summed E-state index contributed by atoms with van der Waals surface area (Å²) in [5.41, 5.74) is 2.51.